The Kier molecular flexibility index (Phi) is 5.18. The maximum atomic E-state index is 12.6. The fourth-order valence-corrected chi connectivity index (χ4v) is 4.99. The number of fused-ring (bicyclic) bond motifs is 2. The molecule has 1 fully saturated rings. The van der Waals surface area contributed by atoms with E-state index in [1.54, 1.807) is 24.5 Å². The van der Waals surface area contributed by atoms with E-state index in [2.05, 4.69) is 49.5 Å². The quantitative estimate of drug-likeness (QED) is 0.357. The van der Waals surface area contributed by atoms with Crippen LogP contribution in [0.4, 0.5) is 0 Å². The van der Waals surface area contributed by atoms with Gasteiger partial charge in [-0.3, -0.25) is 14.8 Å². The summed E-state index contributed by atoms with van der Waals surface area (Å²) in [4.78, 5) is 30.4. The number of carbonyl (C=O) groups excluding carboxylic acids is 1. The third-order valence-corrected chi connectivity index (χ3v) is 7.22. The van der Waals surface area contributed by atoms with Gasteiger partial charge in [-0.25, -0.2) is 9.97 Å². The molecule has 0 spiro atoms. The Hall–Kier alpha value is -4.98. The van der Waals surface area contributed by atoms with Gasteiger partial charge in [0.05, 0.1) is 35.8 Å². The van der Waals surface area contributed by atoms with E-state index in [1.807, 2.05) is 53.3 Å². The van der Waals surface area contributed by atoms with Crippen molar-refractivity contribution in [2.75, 3.05) is 0 Å². The highest BCUT2D eigenvalue weighted by Crippen LogP contribution is 2.53. The molecular weight excluding hydrogens is 474 g/mol. The third kappa shape index (κ3) is 3.87. The molecule has 0 radical (unpaired) electrons. The summed E-state index contributed by atoms with van der Waals surface area (Å²) >= 11 is 0. The van der Waals surface area contributed by atoms with Gasteiger partial charge in [0.1, 0.15) is 5.69 Å². The Labute approximate surface area is 218 Å². The number of hydrogen-bond acceptors (Lipinski definition) is 6. The molecule has 1 saturated carbocycles. The second kappa shape index (κ2) is 8.85. The third-order valence-electron chi connectivity index (χ3n) is 7.22. The van der Waals surface area contributed by atoms with Gasteiger partial charge in [0.25, 0.3) is 11.7 Å². The van der Waals surface area contributed by atoms with Gasteiger partial charge in [-0.15, -0.1) is 0 Å². The fourth-order valence-electron chi connectivity index (χ4n) is 4.99. The van der Waals surface area contributed by atoms with Crippen LogP contribution in [0.3, 0.4) is 0 Å². The van der Waals surface area contributed by atoms with Crippen molar-refractivity contribution in [3.05, 3.63) is 120 Å². The summed E-state index contributed by atoms with van der Waals surface area (Å²) in [6.45, 7) is 0.377. The van der Waals surface area contributed by atoms with Gasteiger partial charge >= 0.3 is 0 Å². The predicted molar refractivity (Wildman–Crippen MR) is 143 cm³/mol. The van der Waals surface area contributed by atoms with Crippen LogP contribution in [0, 0.1) is 0 Å². The molecule has 0 unspecified atom stereocenters. The van der Waals surface area contributed by atoms with Gasteiger partial charge in [-0.1, -0.05) is 30.3 Å². The molecule has 184 valence electrons. The molecule has 8 heteroatoms. The second-order valence-electron chi connectivity index (χ2n) is 9.57. The number of nitrogens with one attached hydrogen (secondary N) is 1. The molecule has 2 aromatic carbocycles. The minimum absolute atomic E-state index is 0.133. The summed E-state index contributed by atoms with van der Waals surface area (Å²) in [7, 11) is 0. The first-order valence-corrected chi connectivity index (χ1v) is 12.5. The molecule has 7 rings (SSSR count). The van der Waals surface area contributed by atoms with E-state index in [0.29, 0.717) is 17.9 Å². The summed E-state index contributed by atoms with van der Waals surface area (Å²) in [6, 6.07) is 23.6. The van der Waals surface area contributed by atoms with Crippen LogP contribution in [0.5, 0.6) is 0 Å². The molecule has 0 saturated heterocycles. The zero-order chi connectivity index (χ0) is 25.5. The number of imidazole rings is 1. The Morgan fingerprint density at radius 1 is 0.868 bits per heavy atom. The van der Waals surface area contributed by atoms with Crippen LogP contribution in [0.2, 0.25) is 0 Å². The Morgan fingerprint density at radius 2 is 1.71 bits per heavy atom. The van der Waals surface area contributed by atoms with Gasteiger partial charge in [0, 0.05) is 34.3 Å². The summed E-state index contributed by atoms with van der Waals surface area (Å²) in [5.74, 6) is 0.421. The number of amides is 1. The number of rotatable bonds is 6. The number of nitrogens with zero attached hydrogens (tertiary/aromatic N) is 6. The van der Waals surface area contributed by atoms with Crippen LogP contribution in [0.1, 0.15) is 40.2 Å². The van der Waals surface area contributed by atoms with Crippen LogP contribution in [0.15, 0.2) is 97.6 Å². The molecule has 0 atom stereocenters. The summed E-state index contributed by atoms with van der Waals surface area (Å²) in [5, 5.41) is 8.95. The SMILES string of the molecule is O=C(NCc1ccccn1)c1ccc(-c2cnc3ncc(C4(c5ccc6ncccc6c5)CC4)n3n2)cc1. The van der Waals surface area contributed by atoms with Crippen LogP contribution in [-0.2, 0) is 12.0 Å². The van der Waals surface area contributed by atoms with E-state index in [1.165, 1.54) is 5.56 Å². The lowest BCUT2D eigenvalue weighted by molar-refractivity contribution is 0.0950. The topological polar surface area (TPSA) is 98.0 Å². The van der Waals surface area contributed by atoms with Crippen molar-refractivity contribution < 1.29 is 4.79 Å². The van der Waals surface area contributed by atoms with Crippen LogP contribution < -0.4 is 5.32 Å². The first kappa shape index (κ1) is 22.2. The molecule has 6 aromatic rings. The summed E-state index contributed by atoms with van der Waals surface area (Å²) in [5.41, 5.74) is 6.12. The van der Waals surface area contributed by atoms with Crippen LogP contribution in [0.25, 0.3) is 27.9 Å². The van der Waals surface area contributed by atoms with Crippen molar-refractivity contribution in [3.8, 4) is 11.3 Å². The highest BCUT2D eigenvalue weighted by Gasteiger charge is 2.48. The van der Waals surface area contributed by atoms with Crippen molar-refractivity contribution in [3.63, 3.8) is 0 Å². The fraction of sp³-hybridized carbons (Fsp3) is 0.133. The second-order valence-corrected chi connectivity index (χ2v) is 9.57. The van der Waals surface area contributed by atoms with Crippen molar-refractivity contribution >= 4 is 22.6 Å². The van der Waals surface area contributed by atoms with E-state index in [0.717, 1.165) is 46.4 Å². The Morgan fingerprint density at radius 3 is 2.53 bits per heavy atom. The number of carbonyl (C=O) groups is 1. The van der Waals surface area contributed by atoms with Crippen LogP contribution >= 0.6 is 0 Å². The largest absolute Gasteiger partial charge is 0.346 e. The monoisotopic (exact) mass is 497 g/mol. The van der Waals surface area contributed by atoms with Gasteiger partial charge < -0.3 is 5.32 Å². The minimum atomic E-state index is -0.151. The number of aromatic nitrogens is 6. The zero-order valence-corrected chi connectivity index (χ0v) is 20.5. The first-order valence-electron chi connectivity index (χ1n) is 12.5. The lowest BCUT2D eigenvalue weighted by Crippen LogP contribution is -2.23. The van der Waals surface area contributed by atoms with E-state index >= 15 is 0 Å². The van der Waals surface area contributed by atoms with Gasteiger partial charge in [0.15, 0.2) is 0 Å². The lowest BCUT2D eigenvalue weighted by atomic mass is 9.91. The maximum Gasteiger partial charge on any atom is 0.251 e. The van der Waals surface area contributed by atoms with Gasteiger partial charge in [0.2, 0.25) is 0 Å². The standard InChI is InChI=1S/C30H23N7O/c38-28(33-17-24-5-1-2-14-31-24)21-8-6-20(7-9-21)26-18-34-29-35-19-27(37(29)36-26)30(12-13-30)23-10-11-25-22(16-23)4-3-15-32-25/h1-11,14-16,18-19H,12-13,17H2,(H,33,38). The first-order chi connectivity index (χ1) is 18.7. The lowest BCUT2D eigenvalue weighted by Gasteiger charge is -2.16. The number of benzene rings is 2. The predicted octanol–water partition coefficient (Wildman–Crippen LogP) is 4.74. The van der Waals surface area contributed by atoms with E-state index in [-0.39, 0.29) is 11.3 Å². The van der Waals surface area contributed by atoms with Gasteiger partial charge in [-0.05, 0) is 60.9 Å². The molecule has 1 N–H and O–H groups in total. The number of pyridine rings is 2. The summed E-state index contributed by atoms with van der Waals surface area (Å²) in [6.07, 6.45) is 9.21. The zero-order valence-electron chi connectivity index (χ0n) is 20.5. The van der Waals surface area contributed by atoms with Crippen molar-refractivity contribution in [2.45, 2.75) is 24.8 Å². The Bertz CT molecular complexity index is 1790. The molecule has 0 aliphatic heterocycles. The number of hydrogen-bond donors (Lipinski definition) is 1. The normalized spacial score (nSPS) is 14.0. The van der Waals surface area contributed by atoms with E-state index in [4.69, 9.17) is 5.10 Å². The van der Waals surface area contributed by atoms with E-state index in [9.17, 15) is 4.79 Å². The van der Waals surface area contributed by atoms with Gasteiger partial charge in [-0.2, -0.15) is 9.61 Å². The molecule has 38 heavy (non-hydrogen) atoms. The van der Waals surface area contributed by atoms with Crippen molar-refractivity contribution in [1.82, 2.24) is 34.9 Å². The highest BCUT2D eigenvalue weighted by molar-refractivity contribution is 5.94. The molecular formula is C30H23N7O. The maximum absolute atomic E-state index is 12.6. The molecule has 1 aliphatic rings. The Balaban J connectivity index is 1.16. The van der Waals surface area contributed by atoms with Crippen LogP contribution in [-0.4, -0.2) is 35.5 Å². The van der Waals surface area contributed by atoms with E-state index < -0.39 is 0 Å². The molecule has 1 aliphatic carbocycles. The smallest absolute Gasteiger partial charge is 0.251 e. The minimum Gasteiger partial charge on any atom is -0.346 e. The molecule has 4 heterocycles. The van der Waals surface area contributed by atoms with Crippen molar-refractivity contribution in [1.29, 1.82) is 0 Å². The molecule has 1 amide bonds. The van der Waals surface area contributed by atoms with Crippen molar-refractivity contribution in [2.24, 2.45) is 0 Å². The molecule has 0 bridgehead atoms. The highest BCUT2D eigenvalue weighted by atomic mass is 16.1. The average Bonchev–Trinajstić information content (AvgIpc) is 3.68. The average molecular weight is 498 g/mol. The summed E-state index contributed by atoms with van der Waals surface area (Å²) < 4.78 is 1.86. The molecule has 8 nitrogen and oxygen atoms in total. The molecule has 4 aromatic heterocycles.